The molecule has 1 aromatic carbocycles. The molecule has 0 N–H and O–H groups in total. The Bertz CT molecular complexity index is 491. The Morgan fingerprint density at radius 2 is 2.00 bits per heavy atom. The van der Waals surface area contributed by atoms with Gasteiger partial charge in [-0.15, -0.1) is 11.3 Å². The molecule has 1 atom stereocenters. The van der Waals surface area contributed by atoms with Crippen molar-refractivity contribution in [3.63, 3.8) is 0 Å². The first-order chi connectivity index (χ1) is 8.16. The van der Waals surface area contributed by atoms with Gasteiger partial charge in [0.25, 0.3) is 0 Å². The molecule has 4 heteroatoms. The fraction of sp³-hybridized carbons (Fsp3) is 0.154. The summed E-state index contributed by atoms with van der Waals surface area (Å²) in [5, 5.41) is 2.56. The maximum absolute atomic E-state index is 11.8. The molecule has 0 saturated heterocycles. The number of thiophene rings is 1. The smallest absolute Gasteiger partial charge is 0.338 e. The number of esters is 1. The Labute approximate surface area is 109 Å². The van der Waals surface area contributed by atoms with Gasteiger partial charge in [0.2, 0.25) is 0 Å². The molecule has 1 heterocycles. The molecule has 0 fully saturated rings. The third-order valence-corrected chi connectivity index (χ3v) is 3.59. The normalized spacial score (nSPS) is 12.1. The number of hydrogen-bond acceptors (Lipinski definition) is 3. The van der Waals surface area contributed by atoms with Crippen LogP contribution >= 0.6 is 22.9 Å². The van der Waals surface area contributed by atoms with Crippen LogP contribution < -0.4 is 0 Å². The van der Waals surface area contributed by atoms with E-state index in [1.807, 2.05) is 24.4 Å². The zero-order chi connectivity index (χ0) is 12.3. The largest absolute Gasteiger partial charge is 0.453 e. The maximum Gasteiger partial charge on any atom is 0.338 e. The number of carbonyl (C=O) groups is 1. The number of ether oxygens (including phenoxy) is 1. The first-order valence-electron chi connectivity index (χ1n) is 5.17. The van der Waals surface area contributed by atoms with Crippen molar-refractivity contribution in [2.24, 2.45) is 0 Å². The lowest BCUT2D eigenvalue weighted by molar-refractivity contribution is 0.0345. The number of hydrogen-bond donors (Lipinski definition) is 0. The van der Waals surface area contributed by atoms with Gasteiger partial charge in [-0.25, -0.2) is 4.79 Å². The Morgan fingerprint density at radius 1 is 1.29 bits per heavy atom. The fourth-order valence-corrected chi connectivity index (χ4v) is 2.23. The van der Waals surface area contributed by atoms with E-state index in [-0.39, 0.29) is 12.1 Å². The van der Waals surface area contributed by atoms with E-state index in [0.717, 1.165) is 4.88 Å². The van der Waals surface area contributed by atoms with E-state index in [4.69, 9.17) is 16.3 Å². The van der Waals surface area contributed by atoms with Crippen LogP contribution in [0.5, 0.6) is 0 Å². The van der Waals surface area contributed by atoms with Crippen molar-refractivity contribution in [2.75, 3.05) is 0 Å². The fourth-order valence-electron chi connectivity index (χ4n) is 1.40. The summed E-state index contributed by atoms with van der Waals surface area (Å²) in [5.74, 6) is -0.331. The predicted octanol–water partition coefficient (Wildman–Crippen LogP) is 4.32. The number of carbonyl (C=O) groups excluding carboxylic acids is 1. The van der Waals surface area contributed by atoms with Crippen LogP contribution in [0.4, 0.5) is 0 Å². The second kappa shape index (κ2) is 5.34. The second-order valence-electron chi connectivity index (χ2n) is 3.57. The van der Waals surface area contributed by atoms with Crippen molar-refractivity contribution in [2.45, 2.75) is 13.0 Å². The highest BCUT2D eigenvalue weighted by Crippen LogP contribution is 2.23. The predicted molar refractivity (Wildman–Crippen MR) is 69.6 cm³/mol. The van der Waals surface area contributed by atoms with Gasteiger partial charge >= 0.3 is 5.97 Å². The highest BCUT2D eigenvalue weighted by atomic mass is 35.5. The molecule has 17 heavy (non-hydrogen) atoms. The van der Waals surface area contributed by atoms with Crippen molar-refractivity contribution in [1.29, 1.82) is 0 Å². The van der Waals surface area contributed by atoms with Crippen LogP contribution in [0.2, 0.25) is 5.02 Å². The Balaban J connectivity index is 2.04. The monoisotopic (exact) mass is 266 g/mol. The lowest BCUT2D eigenvalue weighted by Gasteiger charge is -2.11. The lowest BCUT2D eigenvalue weighted by atomic mass is 10.2. The highest BCUT2D eigenvalue weighted by molar-refractivity contribution is 7.10. The first kappa shape index (κ1) is 12.1. The van der Waals surface area contributed by atoms with Crippen LogP contribution in [0, 0.1) is 0 Å². The molecule has 0 aliphatic carbocycles. The van der Waals surface area contributed by atoms with Gasteiger partial charge in [-0.1, -0.05) is 17.7 Å². The zero-order valence-electron chi connectivity index (χ0n) is 9.22. The molecule has 1 aromatic heterocycles. The molecule has 0 bridgehead atoms. The van der Waals surface area contributed by atoms with Crippen LogP contribution in [-0.2, 0) is 4.74 Å². The summed E-state index contributed by atoms with van der Waals surface area (Å²) < 4.78 is 5.35. The molecule has 0 amide bonds. The molecule has 2 rings (SSSR count). The van der Waals surface area contributed by atoms with Gasteiger partial charge < -0.3 is 4.74 Å². The Hall–Kier alpha value is -1.32. The summed E-state index contributed by atoms with van der Waals surface area (Å²) in [6, 6.07) is 10.6. The lowest BCUT2D eigenvalue weighted by Crippen LogP contribution is -2.08. The summed E-state index contributed by atoms with van der Waals surface area (Å²) in [6.45, 7) is 1.86. The zero-order valence-corrected chi connectivity index (χ0v) is 10.8. The van der Waals surface area contributed by atoms with Crippen LogP contribution in [-0.4, -0.2) is 5.97 Å². The summed E-state index contributed by atoms with van der Waals surface area (Å²) >= 11 is 7.33. The molecule has 0 saturated carbocycles. The van der Waals surface area contributed by atoms with Crippen molar-refractivity contribution in [3.05, 3.63) is 57.2 Å². The SMILES string of the molecule is C[C@H](OC(=O)c1ccc(Cl)cc1)c1cccs1. The average molecular weight is 267 g/mol. The van der Waals surface area contributed by atoms with Gasteiger partial charge in [0, 0.05) is 9.90 Å². The molecule has 88 valence electrons. The molecular weight excluding hydrogens is 256 g/mol. The van der Waals surface area contributed by atoms with E-state index >= 15 is 0 Å². The summed E-state index contributed by atoms with van der Waals surface area (Å²) in [4.78, 5) is 12.8. The van der Waals surface area contributed by atoms with Crippen LogP contribution in [0.25, 0.3) is 0 Å². The van der Waals surface area contributed by atoms with E-state index in [9.17, 15) is 4.79 Å². The standard InChI is InChI=1S/C13H11ClO2S/c1-9(12-3-2-8-17-12)16-13(15)10-4-6-11(14)7-5-10/h2-9H,1H3/t9-/m0/s1. The van der Waals surface area contributed by atoms with Gasteiger partial charge in [0.15, 0.2) is 0 Å². The molecule has 0 spiro atoms. The summed E-state index contributed by atoms with van der Waals surface area (Å²) in [7, 11) is 0. The van der Waals surface area contributed by atoms with Crippen molar-refractivity contribution >= 4 is 28.9 Å². The van der Waals surface area contributed by atoms with Gasteiger partial charge in [-0.3, -0.25) is 0 Å². The van der Waals surface area contributed by atoms with E-state index in [2.05, 4.69) is 0 Å². The Morgan fingerprint density at radius 3 is 2.59 bits per heavy atom. The van der Waals surface area contributed by atoms with Crippen molar-refractivity contribution < 1.29 is 9.53 Å². The topological polar surface area (TPSA) is 26.3 Å². The van der Waals surface area contributed by atoms with Gasteiger partial charge in [-0.2, -0.15) is 0 Å². The number of rotatable bonds is 3. The molecule has 0 radical (unpaired) electrons. The Kier molecular flexibility index (Phi) is 3.82. The third-order valence-electron chi connectivity index (χ3n) is 2.31. The van der Waals surface area contributed by atoms with E-state index in [1.165, 1.54) is 0 Å². The van der Waals surface area contributed by atoms with Crippen molar-refractivity contribution in [1.82, 2.24) is 0 Å². The average Bonchev–Trinajstić information content (AvgIpc) is 2.83. The molecule has 2 nitrogen and oxygen atoms in total. The van der Waals surface area contributed by atoms with E-state index in [1.54, 1.807) is 35.6 Å². The van der Waals surface area contributed by atoms with Gasteiger partial charge in [-0.05, 0) is 42.6 Å². The number of benzene rings is 1. The van der Waals surface area contributed by atoms with Crippen LogP contribution in [0.3, 0.4) is 0 Å². The molecular formula is C13H11ClO2S. The van der Waals surface area contributed by atoms with Crippen molar-refractivity contribution in [3.8, 4) is 0 Å². The van der Waals surface area contributed by atoms with Gasteiger partial charge in [0.1, 0.15) is 6.10 Å². The number of halogens is 1. The molecule has 0 aliphatic heterocycles. The highest BCUT2D eigenvalue weighted by Gasteiger charge is 2.13. The van der Waals surface area contributed by atoms with Crippen LogP contribution in [0.1, 0.15) is 28.3 Å². The minimum Gasteiger partial charge on any atom is -0.453 e. The molecule has 0 aliphatic rings. The minimum absolute atomic E-state index is 0.224. The summed E-state index contributed by atoms with van der Waals surface area (Å²) in [6.07, 6.45) is -0.224. The molecule has 0 unspecified atom stereocenters. The first-order valence-corrected chi connectivity index (χ1v) is 6.42. The van der Waals surface area contributed by atoms with E-state index < -0.39 is 0 Å². The third kappa shape index (κ3) is 3.08. The second-order valence-corrected chi connectivity index (χ2v) is 4.99. The van der Waals surface area contributed by atoms with Gasteiger partial charge in [0.05, 0.1) is 5.56 Å². The maximum atomic E-state index is 11.8. The van der Waals surface area contributed by atoms with E-state index in [0.29, 0.717) is 10.6 Å². The van der Waals surface area contributed by atoms with Crippen LogP contribution in [0.15, 0.2) is 41.8 Å². The quantitative estimate of drug-likeness (QED) is 0.774. The summed E-state index contributed by atoms with van der Waals surface area (Å²) in [5.41, 5.74) is 0.512. The minimum atomic E-state index is -0.331. The molecule has 2 aromatic rings.